The highest BCUT2D eigenvalue weighted by atomic mass is 16.5. The fraction of sp³-hybridized carbons (Fsp3) is 0.615. The van der Waals surface area contributed by atoms with E-state index in [1.807, 2.05) is 6.33 Å². The van der Waals surface area contributed by atoms with Gasteiger partial charge in [0.2, 0.25) is 5.95 Å². The number of aromatic nitrogens is 4. The van der Waals surface area contributed by atoms with Gasteiger partial charge in [-0.15, -0.1) is 0 Å². The third kappa shape index (κ3) is 2.07. The smallest absolute Gasteiger partial charge is 0.224 e. The van der Waals surface area contributed by atoms with E-state index in [4.69, 9.17) is 10.5 Å². The minimum atomic E-state index is 0.316. The molecule has 106 valence electrons. The molecular formula is C13H18N6O. The van der Waals surface area contributed by atoms with Crippen molar-refractivity contribution in [2.75, 3.05) is 36.9 Å². The maximum Gasteiger partial charge on any atom is 0.224 e. The predicted octanol–water partition coefficient (Wildman–Crippen LogP) is 0.655. The second-order valence-corrected chi connectivity index (χ2v) is 5.52. The van der Waals surface area contributed by atoms with E-state index in [2.05, 4.69) is 24.4 Å². The Morgan fingerprint density at radius 2 is 2.05 bits per heavy atom. The van der Waals surface area contributed by atoms with Crippen molar-refractivity contribution in [3.05, 3.63) is 6.33 Å². The molecule has 1 aliphatic heterocycles. The molecule has 4 rings (SSSR count). The molecule has 2 fully saturated rings. The fourth-order valence-electron chi connectivity index (χ4n) is 2.65. The summed E-state index contributed by atoms with van der Waals surface area (Å²) >= 11 is 0. The van der Waals surface area contributed by atoms with Gasteiger partial charge in [-0.1, -0.05) is 0 Å². The summed E-state index contributed by atoms with van der Waals surface area (Å²) in [5.74, 6) is 1.93. The highest BCUT2D eigenvalue weighted by Crippen LogP contribution is 2.32. The number of nitrogens with two attached hydrogens (primary N) is 1. The molecule has 0 bridgehead atoms. The number of imidazole rings is 1. The van der Waals surface area contributed by atoms with Crippen LogP contribution in [0.15, 0.2) is 6.33 Å². The second-order valence-electron chi connectivity index (χ2n) is 5.52. The molecule has 3 heterocycles. The number of hydrogen-bond acceptors (Lipinski definition) is 6. The lowest BCUT2D eigenvalue weighted by Gasteiger charge is -2.27. The van der Waals surface area contributed by atoms with Gasteiger partial charge in [0.1, 0.15) is 0 Å². The number of anilines is 2. The average Bonchev–Trinajstić information content (AvgIpc) is 3.20. The van der Waals surface area contributed by atoms with Gasteiger partial charge in [0.15, 0.2) is 17.0 Å². The summed E-state index contributed by atoms with van der Waals surface area (Å²) in [6.07, 6.45) is 4.47. The Hall–Kier alpha value is -1.89. The Bertz CT molecular complexity index is 629. The Morgan fingerprint density at radius 1 is 1.25 bits per heavy atom. The van der Waals surface area contributed by atoms with Crippen LogP contribution in [0.5, 0.6) is 0 Å². The number of fused-ring (bicyclic) bond motifs is 1. The van der Waals surface area contributed by atoms with E-state index < -0.39 is 0 Å². The van der Waals surface area contributed by atoms with Crippen molar-refractivity contribution < 1.29 is 4.74 Å². The van der Waals surface area contributed by atoms with Crippen molar-refractivity contribution in [1.29, 1.82) is 0 Å². The van der Waals surface area contributed by atoms with Gasteiger partial charge in [-0.2, -0.15) is 9.97 Å². The molecule has 1 saturated heterocycles. The van der Waals surface area contributed by atoms with E-state index in [1.54, 1.807) is 0 Å². The number of hydrogen-bond donors (Lipinski definition) is 1. The first-order chi connectivity index (χ1) is 9.81. The van der Waals surface area contributed by atoms with Crippen LogP contribution in [0.4, 0.5) is 11.8 Å². The summed E-state index contributed by atoms with van der Waals surface area (Å²) in [4.78, 5) is 15.5. The maximum absolute atomic E-state index is 5.88. The van der Waals surface area contributed by atoms with Crippen LogP contribution in [0.25, 0.3) is 11.2 Å². The molecule has 7 heteroatoms. The first kappa shape index (κ1) is 11.9. The SMILES string of the molecule is Nc1nc(N2CCOCC2)c2ncn(CC3CC3)c2n1. The van der Waals surface area contributed by atoms with Crippen LogP contribution in [0.2, 0.25) is 0 Å². The van der Waals surface area contributed by atoms with E-state index in [0.717, 1.165) is 42.5 Å². The van der Waals surface area contributed by atoms with Crippen molar-refractivity contribution in [2.24, 2.45) is 5.92 Å². The predicted molar refractivity (Wildman–Crippen MR) is 75.5 cm³/mol. The van der Waals surface area contributed by atoms with Gasteiger partial charge in [0.25, 0.3) is 0 Å². The van der Waals surface area contributed by atoms with Crippen LogP contribution >= 0.6 is 0 Å². The van der Waals surface area contributed by atoms with Gasteiger partial charge in [-0.05, 0) is 18.8 Å². The summed E-state index contributed by atoms with van der Waals surface area (Å²) in [6.45, 7) is 4.06. The molecule has 0 spiro atoms. The zero-order chi connectivity index (χ0) is 13.5. The van der Waals surface area contributed by atoms with Crippen molar-refractivity contribution in [1.82, 2.24) is 19.5 Å². The highest BCUT2D eigenvalue weighted by Gasteiger charge is 2.24. The summed E-state index contributed by atoms with van der Waals surface area (Å²) in [5.41, 5.74) is 7.59. The summed E-state index contributed by atoms with van der Waals surface area (Å²) in [5, 5.41) is 0. The van der Waals surface area contributed by atoms with E-state index in [-0.39, 0.29) is 0 Å². The van der Waals surface area contributed by atoms with Crippen LogP contribution < -0.4 is 10.6 Å². The van der Waals surface area contributed by atoms with Gasteiger partial charge in [0.05, 0.1) is 19.5 Å². The minimum Gasteiger partial charge on any atom is -0.378 e. The molecule has 7 nitrogen and oxygen atoms in total. The zero-order valence-electron chi connectivity index (χ0n) is 11.3. The zero-order valence-corrected chi connectivity index (χ0v) is 11.3. The quantitative estimate of drug-likeness (QED) is 0.885. The van der Waals surface area contributed by atoms with Gasteiger partial charge in [-0.3, -0.25) is 0 Å². The van der Waals surface area contributed by atoms with Gasteiger partial charge in [-0.25, -0.2) is 4.98 Å². The number of nitrogen functional groups attached to an aromatic ring is 1. The Balaban J connectivity index is 1.77. The van der Waals surface area contributed by atoms with Crippen LogP contribution in [0, 0.1) is 5.92 Å². The van der Waals surface area contributed by atoms with Crippen LogP contribution in [-0.2, 0) is 11.3 Å². The Morgan fingerprint density at radius 3 is 2.80 bits per heavy atom. The molecule has 1 aliphatic carbocycles. The molecule has 0 unspecified atom stereocenters. The summed E-state index contributed by atoms with van der Waals surface area (Å²) in [7, 11) is 0. The largest absolute Gasteiger partial charge is 0.378 e. The first-order valence-electron chi connectivity index (χ1n) is 7.12. The molecular weight excluding hydrogens is 256 g/mol. The van der Waals surface area contributed by atoms with E-state index in [0.29, 0.717) is 19.2 Å². The topological polar surface area (TPSA) is 82.1 Å². The van der Waals surface area contributed by atoms with Crippen LogP contribution in [0.1, 0.15) is 12.8 Å². The van der Waals surface area contributed by atoms with Crippen LogP contribution in [-0.4, -0.2) is 45.8 Å². The normalized spacial score (nSPS) is 19.7. The summed E-state index contributed by atoms with van der Waals surface area (Å²) in [6, 6.07) is 0. The van der Waals surface area contributed by atoms with E-state index in [1.165, 1.54) is 12.8 Å². The second kappa shape index (κ2) is 4.59. The number of morpholine rings is 1. The number of nitrogens with zero attached hydrogens (tertiary/aromatic N) is 5. The lowest BCUT2D eigenvalue weighted by atomic mass is 10.3. The highest BCUT2D eigenvalue weighted by molar-refractivity contribution is 5.84. The molecule has 20 heavy (non-hydrogen) atoms. The molecule has 2 N–H and O–H groups in total. The monoisotopic (exact) mass is 274 g/mol. The third-order valence-electron chi connectivity index (χ3n) is 3.93. The van der Waals surface area contributed by atoms with Gasteiger partial charge >= 0.3 is 0 Å². The molecule has 0 aromatic carbocycles. The van der Waals surface area contributed by atoms with E-state index in [9.17, 15) is 0 Å². The standard InChI is InChI=1S/C13H18N6O/c14-13-16-11(18-3-5-20-6-4-18)10-12(17-13)19(8-15-10)7-9-1-2-9/h8-9H,1-7H2,(H2,14,16,17). The first-order valence-corrected chi connectivity index (χ1v) is 7.12. The molecule has 2 aromatic rings. The molecule has 2 aliphatic rings. The average molecular weight is 274 g/mol. The lowest BCUT2D eigenvalue weighted by Crippen LogP contribution is -2.37. The molecule has 0 amide bonds. The molecule has 0 radical (unpaired) electrons. The lowest BCUT2D eigenvalue weighted by molar-refractivity contribution is 0.122. The third-order valence-corrected chi connectivity index (χ3v) is 3.93. The van der Waals surface area contributed by atoms with E-state index >= 15 is 0 Å². The van der Waals surface area contributed by atoms with Crippen molar-refractivity contribution in [3.63, 3.8) is 0 Å². The molecule has 0 atom stereocenters. The fourth-order valence-corrected chi connectivity index (χ4v) is 2.65. The van der Waals surface area contributed by atoms with Crippen LogP contribution in [0.3, 0.4) is 0 Å². The van der Waals surface area contributed by atoms with Gasteiger partial charge in [0, 0.05) is 19.6 Å². The Labute approximate surface area is 116 Å². The van der Waals surface area contributed by atoms with Crippen molar-refractivity contribution in [3.8, 4) is 0 Å². The molecule has 2 aromatic heterocycles. The number of rotatable bonds is 3. The van der Waals surface area contributed by atoms with Gasteiger partial charge < -0.3 is 19.9 Å². The Kier molecular flexibility index (Phi) is 2.73. The maximum atomic E-state index is 5.88. The minimum absolute atomic E-state index is 0.316. The van der Waals surface area contributed by atoms with Crippen molar-refractivity contribution >= 4 is 22.9 Å². The number of ether oxygens (including phenoxy) is 1. The molecule has 1 saturated carbocycles. The van der Waals surface area contributed by atoms with Crippen molar-refractivity contribution in [2.45, 2.75) is 19.4 Å². The summed E-state index contributed by atoms with van der Waals surface area (Å²) < 4.78 is 7.49.